The highest BCUT2D eigenvalue weighted by atomic mass is 19.2. The summed E-state index contributed by atoms with van der Waals surface area (Å²) in [5, 5.41) is 10.4. The minimum Gasteiger partial charge on any atom is -0.391 e. The number of hydrogen-bond acceptors (Lipinski definition) is 3. The maximum atomic E-state index is 14.8. The number of likely N-dealkylation sites (tertiary alicyclic amines) is 1. The van der Waals surface area contributed by atoms with Crippen LogP contribution in [0.15, 0.2) is 54.5 Å². The van der Waals surface area contributed by atoms with Crippen molar-refractivity contribution in [3.63, 3.8) is 0 Å². The molecule has 0 bridgehead atoms. The molecule has 8 heteroatoms. The zero-order valence-corrected chi connectivity index (χ0v) is 19.2. The van der Waals surface area contributed by atoms with E-state index in [1.807, 2.05) is 13.8 Å². The van der Waals surface area contributed by atoms with Crippen LogP contribution in [0.3, 0.4) is 0 Å². The first-order valence-electron chi connectivity index (χ1n) is 11.1. The van der Waals surface area contributed by atoms with Crippen molar-refractivity contribution in [1.82, 2.24) is 14.5 Å². The summed E-state index contributed by atoms with van der Waals surface area (Å²) >= 11 is 0. The van der Waals surface area contributed by atoms with Crippen molar-refractivity contribution in [1.29, 1.82) is 0 Å². The lowest BCUT2D eigenvalue weighted by Gasteiger charge is -2.40. The number of benzene rings is 2. The standard InChI is InChI=1S/C26H26F3N3O2/c1-15-8-20(9-18-4-7-24(23(29)10-18)31-13-16(2)30-14-31)26(34)32(12-15)25(17(3)33)19-5-6-21(27)22(28)11-19/h4-7,9-11,13-15,17,25,33H,8,12H2,1-3H3/t15-,17+,25-/m0/s1. The summed E-state index contributed by atoms with van der Waals surface area (Å²) in [6.45, 7) is 5.63. The van der Waals surface area contributed by atoms with Gasteiger partial charge in [0.15, 0.2) is 11.6 Å². The molecule has 0 aliphatic carbocycles. The topological polar surface area (TPSA) is 58.4 Å². The summed E-state index contributed by atoms with van der Waals surface area (Å²) in [5.74, 6) is -2.77. The van der Waals surface area contributed by atoms with Gasteiger partial charge in [0.1, 0.15) is 5.82 Å². The number of rotatable bonds is 5. The average molecular weight is 470 g/mol. The summed E-state index contributed by atoms with van der Waals surface area (Å²) < 4.78 is 43.7. The molecule has 3 aromatic rings. The van der Waals surface area contributed by atoms with Crippen LogP contribution in [0.2, 0.25) is 0 Å². The smallest absolute Gasteiger partial charge is 0.250 e. The Morgan fingerprint density at radius 3 is 2.50 bits per heavy atom. The number of carbonyl (C=O) groups excluding carboxylic acids is 1. The van der Waals surface area contributed by atoms with E-state index in [9.17, 15) is 23.1 Å². The van der Waals surface area contributed by atoms with Gasteiger partial charge >= 0.3 is 0 Å². The zero-order valence-electron chi connectivity index (χ0n) is 19.2. The van der Waals surface area contributed by atoms with Crippen molar-refractivity contribution in [2.75, 3.05) is 6.54 Å². The molecule has 0 saturated carbocycles. The maximum Gasteiger partial charge on any atom is 0.250 e. The zero-order chi connectivity index (χ0) is 24.6. The minimum atomic E-state index is -1.04. The third-order valence-electron chi connectivity index (χ3n) is 5.99. The summed E-state index contributed by atoms with van der Waals surface area (Å²) in [5.41, 5.74) is 2.40. The van der Waals surface area contributed by atoms with Gasteiger partial charge in [-0.25, -0.2) is 18.2 Å². The second-order valence-corrected chi connectivity index (χ2v) is 8.93. The molecule has 1 aliphatic heterocycles. The molecule has 5 nitrogen and oxygen atoms in total. The van der Waals surface area contributed by atoms with Crippen molar-refractivity contribution in [2.45, 2.75) is 39.3 Å². The number of aliphatic hydroxyl groups is 1. The Morgan fingerprint density at radius 2 is 1.88 bits per heavy atom. The van der Waals surface area contributed by atoms with E-state index in [0.29, 0.717) is 35.4 Å². The van der Waals surface area contributed by atoms with Crippen LogP contribution < -0.4 is 0 Å². The predicted octanol–water partition coefficient (Wildman–Crippen LogP) is 4.97. The van der Waals surface area contributed by atoms with Gasteiger partial charge in [-0.05, 0) is 67.7 Å². The highest BCUT2D eigenvalue weighted by Crippen LogP contribution is 2.34. The largest absolute Gasteiger partial charge is 0.391 e. The third-order valence-corrected chi connectivity index (χ3v) is 5.99. The lowest BCUT2D eigenvalue weighted by Crippen LogP contribution is -2.46. The van der Waals surface area contributed by atoms with Crippen molar-refractivity contribution in [2.24, 2.45) is 5.92 Å². The molecule has 1 N–H and O–H groups in total. The lowest BCUT2D eigenvalue weighted by atomic mass is 9.89. The molecule has 1 aromatic heterocycles. The molecule has 1 amide bonds. The molecule has 3 atom stereocenters. The monoisotopic (exact) mass is 469 g/mol. The Kier molecular flexibility index (Phi) is 6.61. The van der Waals surface area contributed by atoms with Gasteiger partial charge in [-0.2, -0.15) is 0 Å². The van der Waals surface area contributed by atoms with Gasteiger partial charge in [-0.1, -0.05) is 19.1 Å². The fourth-order valence-corrected chi connectivity index (χ4v) is 4.48. The Bertz CT molecular complexity index is 1250. The SMILES string of the molecule is Cc1cn(-c2ccc(C=C3C[C@H](C)CN([C@H](c4ccc(F)c(F)c4)[C@@H](C)O)C3=O)cc2F)cn1. The van der Waals surface area contributed by atoms with Crippen LogP contribution in [0.1, 0.15) is 43.1 Å². The van der Waals surface area contributed by atoms with E-state index >= 15 is 0 Å². The first kappa shape index (κ1) is 23.8. The van der Waals surface area contributed by atoms with E-state index in [4.69, 9.17) is 0 Å². The van der Waals surface area contributed by atoms with E-state index in [1.165, 1.54) is 30.3 Å². The van der Waals surface area contributed by atoms with Gasteiger partial charge in [0.05, 0.1) is 29.9 Å². The number of aryl methyl sites for hydroxylation is 1. The predicted molar refractivity (Wildman–Crippen MR) is 123 cm³/mol. The summed E-state index contributed by atoms with van der Waals surface area (Å²) in [7, 11) is 0. The van der Waals surface area contributed by atoms with Gasteiger partial charge in [-0.3, -0.25) is 4.79 Å². The fraction of sp³-hybridized carbons (Fsp3) is 0.308. The fourth-order valence-electron chi connectivity index (χ4n) is 4.48. The van der Waals surface area contributed by atoms with Crippen LogP contribution in [0.25, 0.3) is 11.8 Å². The number of aromatic nitrogens is 2. The summed E-state index contributed by atoms with van der Waals surface area (Å²) in [6.07, 6.45) is 4.35. The van der Waals surface area contributed by atoms with Crippen LogP contribution in [-0.4, -0.2) is 38.1 Å². The highest BCUT2D eigenvalue weighted by Gasteiger charge is 2.36. The number of nitrogens with zero attached hydrogens (tertiary/aromatic N) is 3. The van der Waals surface area contributed by atoms with Gasteiger partial charge in [0.2, 0.25) is 5.91 Å². The van der Waals surface area contributed by atoms with E-state index in [2.05, 4.69) is 4.98 Å². The number of carbonyl (C=O) groups is 1. The number of imidazole rings is 1. The molecular formula is C26H26F3N3O2. The van der Waals surface area contributed by atoms with Gasteiger partial charge < -0.3 is 14.6 Å². The van der Waals surface area contributed by atoms with Crippen LogP contribution >= 0.6 is 0 Å². The van der Waals surface area contributed by atoms with Crippen molar-refractivity contribution < 1.29 is 23.1 Å². The molecule has 0 unspecified atom stereocenters. The van der Waals surface area contributed by atoms with Crippen LogP contribution in [0, 0.1) is 30.3 Å². The molecule has 34 heavy (non-hydrogen) atoms. The molecule has 0 spiro atoms. The number of aliphatic hydroxyl groups excluding tert-OH is 1. The minimum absolute atomic E-state index is 0.0496. The molecule has 4 rings (SSSR count). The number of piperidine rings is 1. The van der Waals surface area contributed by atoms with Gasteiger partial charge in [-0.15, -0.1) is 0 Å². The summed E-state index contributed by atoms with van der Waals surface area (Å²) in [6, 6.07) is 7.22. The van der Waals surface area contributed by atoms with E-state index < -0.39 is 29.6 Å². The third kappa shape index (κ3) is 4.77. The molecular weight excluding hydrogens is 443 g/mol. The van der Waals surface area contributed by atoms with Gasteiger partial charge in [0.25, 0.3) is 0 Å². The molecule has 2 aromatic carbocycles. The Labute approximate surface area is 196 Å². The molecule has 1 saturated heterocycles. The number of halogens is 3. The van der Waals surface area contributed by atoms with Gasteiger partial charge in [0, 0.05) is 18.3 Å². The van der Waals surface area contributed by atoms with E-state index in [-0.39, 0.29) is 11.8 Å². The first-order valence-corrected chi connectivity index (χ1v) is 11.1. The number of hydrogen-bond donors (Lipinski definition) is 1. The summed E-state index contributed by atoms with van der Waals surface area (Å²) in [4.78, 5) is 19.0. The molecule has 0 radical (unpaired) electrons. The molecule has 1 fully saturated rings. The molecule has 1 aliphatic rings. The van der Waals surface area contributed by atoms with Crippen molar-refractivity contribution >= 4 is 12.0 Å². The Morgan fingerprint density at radius 1 is 1.12 bits per heavy atom. The van der Waals surface area contributed by atoms with Crippen LogP contribution in [0.4, 0.5) is 13.2 Å². The number of amides is 1. The Hall–Kier alpha value is -3.39. The highest BCUT2D eigenvalue weighted by molar-refractivity contribution is 5.99. The molecule has 178 valence electrons. The normalized spacial score (nSPS) is 19.5. The Balaban J connectivity index is 1.66. The van der Waals surface area contributed by atoms with E-state index in [1.54, 1.807) is 29.0 Å². The van der Waals surface area contributed by atoms with Crippen molar-refractivity contribution in [3.8, 4) is 5.69 Å². The first-order chi connectivity index (χ1) is 16.1. The van der Waals surface area contributed by atoms with Crippen LogP contribution in [0.5, 0.6) is 0 Å². The lowest BCUT2D eigenvalue weighted by molar-refractivity contribution is -0.135. The second-order valence-electron chi connectivity index (χ2n) is 8.93. The second kappa shape index (κ2) is 9.46. The van der Waals surface area contributed by atoms with Crippen LogP contribution in [-0.2, 0) is 4.79 Å². The van der Waals surface area contributed by atoms with E-state index in [0.717, 1.165) is 17.8 Å². The molecule has 2 heterocycles. The average Bonchev–Trinajstić information content (AvgIpc) is 3.19. The maximum absolute atomic E-state index is 14.8. The van der Waals surface area contributed by atoms with Crippen molar-refractivity contribution in [3.05, 3.63) is 88.8 Å². The quantitative estimate of drug-likeness (QED) is 0.537.